The minimum Gasteiger partial charge on any atom is -0.399 e. The predicted octanol–water partition coefficient (Wildman–Crippen LogP) is 0.510. The number of nitrogen functional groups attached to an aromatic ring is 1. The molecule has 0 bridgehead atoms. The second kappa shape index (κ2) is 7.23. The number of carbonyl (C=O) groups is 2. The van der Waals surface area contributed by atoms with Crippen LogP contribution < -0.4 is 16.4 Å². The van der Waals surface area contributed by atoms with E-state index in [0.717, 1.165) is 31.1 Å². The van der Waals surface area contributed by atoms with Crippen LogP contribution in [0.2, 0.25) is 0 Å². The van der Waals surface area contributed by atoms with Crippen molar-refractivity contribution >= 4 is 29.3 Å². The summed E-state index contributed by atoms with van der Waals surface area (Å²) in [5, 5.41) is 6.22. The molecule has 3 rings (SSSR count). The molecule has 0 aliphatic carbocycles. The number of hydrogen-bond acceptors (Lipinski definition) is 5. The third-order valence-electron chi connectivity index (χ3n) is 4.28. The van der Waals surface area contributed by atoms with Gasteiger partial charge in [-0.3, -0.25) is 9.59 Å². The maximum absolute atomic E-state index is 12.3. The van der Waals surface area contributed by atoms with E-state index < -0.39 is 0 Å². The van der Waals surface area contributed by atoms with Crippen LogP contribution in [0.1, 0.15) is 16.8 Å². The van der Waals surface area contributed by atoms with E-state index in [-0.39, 0.29) is 23.8 Å². The number of anilines is 1. The molecular weight excluding hydrogens is 312 g/mol. The fourth-order valence-electron chi connectivity index (χ4n) is 2.98. The normalized spacial score (nSPS) is 23.9. The third-order valence-corrected chi connectivity index (χ3v) is 5.25. The zero-order valence-corrected chi connectivity index (χ0v) is 13.8. The summed E-state index contributed by atoms with van der Waals surface area (Å²) in [6.07, 6.45) is 0.775. The first kappa shape index (κ1) is 16.1. The smallest absolute Gasteiger partial charge is 0.251 e. The molecule has 23 heavy (non-hydrogen) atoms. The van der Waals surface area contributed by atoms with Crippen molar-refractivity contribution in [1.29, 1.82) is 0 Å². The Labute approximate surface area is 140 Å². The van der Waals surface area contributed by atoms with Crippen LogP contribution in [-0.2, 0) is 4.79 Å². The topological polar surface area (TPSA) is 87.5 Å². The molecule has 6 nitrogen and oxygen atoms in total. The van der Waals surface area contributed by atoms with Crippen molar-refractivity contribution in [2.75, 3.05) is 37.0 Å². The van der Waals surface area contributed by atoms with Crippen LogP contribution in [0.4, 0.5) is 5.69 Å². The van der Waals surface area contributed by atoms with Gasteiger partial charge in [0.25, 0.3) is 5.91 Å². The highest BCUT2D eigenvalue weighted by molar-refractivity contribution is 7.99. The van der Waals surface area contributed by atoms with Crippen molar-refractivity contribution in [3.05, 3.63) is 29.8 Å². The number of thioether (sulfide) groups is 1. The number of hydrogen-bond donors (Lipinski definition) is 3. The van der Waals surface area contributed by atoms with E-state index >= 15 is 0 Å². The van der Waals surface area contributed by atoms with Crippen molar-refractivity contribution < 1.29 is 9.59 Å². The van der Waals surface area contributed by atoms with Gasteiger partial charge in [-0.25, -0.2) is 0 Å². The highest BCUT2D eigenvalue weighted by Gasteiger charge is 2.33. The molecule has 2 atom stereocenters. The Kier molecular flexibility index (Phi) is 5.07. The molecule has 2 saturated heterocycles. The summed E-state index contributed by atoms with van der Waals surface area (Å²) in [5.41, 5.74) is 6.84. The van der Waals surface area contributed by atoms with Gasteiger partial charge in [0.05, 0.1) is 11.9 Å². The quantitative estimate of drug-likeness (QED) is 0.699. The molecule has 2 heterocycles. The molecular formula is C16H22N4O2S. The van der Waals surface area contributed by atoms with Gasteiger partial charge in [-0.2, -0.15) is 0 Å². The maximum Gasteiger partial charge on any atom is 0.251 e. The SMILES string of the molecule is Nc1cccc(C(=O)NCC2CNC(C(=O)N3CCSC3)C2)c1. The number of carbonyl (C=O) groups excluding carboxylic acids is 2. The fourth-order valence-corrected chi connectivity index (χ4v) is 3.94. The van der Waals surface area contributed by atoms with Gasteiger partial charge >= 0.3 is 0 Å². The maximum atomic E-state index is 12.3. The van der Waals surface area contributed by atoms with Crippen molar-refractivity contribution in [1.82, 2.24) is 15.5 Å². The molecule has 2 fully saturated rings. The molecule has 1 aromatic carbocycles. The summed E-state index contributed by atoms with van der Waals surface area (Å²) in [5.74, 6) is 2.18. The number of nitrogens with zero attached hydrogens (tertiary/aromatic N) is 1. The van der Waals surface area contributed by atoms with Crippen molar-refractivity contribution in [2.45, 2.75) is 12.5 Å². The molecule has 7 heteroatoms. The van der Waals surface area contributed by atoms with Crippen LogP contribution in [0.5, 0.6) is 0 Å². The standard InChI is InChI=1S/C16H22N4O2S/c17-13-3-1-2-12(7-13)15(21)19-9-11-6-14(18-8-11)16(22)20-4-5-23-10-20/h1-3,7,11,14,18H,4-6,8-10,17H2,(H,19,21). The Balaban J connectivity index is 1.46. The van der Waals surface area contributed by atoms with Crippen LogP contribution in [-0.4, -0.2) is 54.0 Å². The molecule has 1 aromatic rings. The summed E-state index contributed by atoms with van der Waals surface area (Å²) in [6, 6.07) is 6.83. The first-order valence-corrected chi connectivity index (χ1v) is 9.02. The molecule has 2 amide bonds. The van der Waals surface area contributed by atoms with Crippen molar-refractivity contribution in [3.63, 3.8) is 0 Å². The van der Waals surface area contributed by atoms with Crippen LogP contribution in [0, 0.1) is 5.92 Å². The summed E-state index contributed by atoms with van der Waals surface area (Å²) in [4.78, 5) is 26.4. The second-order valence-electron chi connectivity index (χ2n) is 6.04. The molecule has 2 aliphatic heterocycles. The summed E-state index contributed by atoms with van der Waals surface area (Å²) >= 11 is 1.79. The number of amides is 2. The lowest BCUT2D eigenvalue weighted by Gasteiger charge is -2.19. The monoisotopic (exact) mass is 334 g/mol. The molecule has 4 N–H and O–H groups in total. The first-order valence-electron chi connectivity index (χ1n) is 7.87. The summed E-state index contributed by atoms with van der Waals surface area (Å²) < 4.78 is 0. The number of benzene rings is 1. The van der Waals surface area contributed by atoms with Gasteiger partial charge in [0.15, 0.2) is 0 Å². The molecule has 2 unspecified atom stereocenters. The molecule has 2 aliphatic rings. The lowest BCUT2D eigenvalue weighted by molar-refractivity contribution is -0.131. The van der Waals surface area contributed by atoms with E-state index in [1.165, 1.54) is 0 Å². The summed E-state index contributed by atoms with van der Waals surface area (Å²) in [6.45, 7) is 2.17. The number of nitrogens with two attached hydrogens (primary N) is 1. The number of rotatable bonds is 4. The van der Waals surface area contributed by atoms with Crippen molar-refractivity contribution in [2.24, 2.45) is 5.92 Å². The zero-order valence-electron chi connectivity index (χ0n) is 13.0. The van der Waals surface area contributed by atoms with E-state index in [1.54, 1.807) is 36.0 Å². The second-order valence-corrected chi connectivity index (χ2v) is 7.11. The van der Waals surface area contributed by atoms with E-state index in [2.05, 4.69) is 10.6 Å². The highest BCUT2D eigenvalue weighted by Crippen LogP contribution is 2.20. The zero-order chi connectivity index (χ0) is 16.2. The average molecular weight is 334 g/mol. The van der Waals surface area contributed by atoms with E-state index in [0.29, 0.717) is 17.8 Å². The van der Waals surface area contributed by atoms with Gasteiger partial charge in [-0.1, -0.05) is 6.07 Å². The molecule has 0 spiro atoms. The minimum atomic E-state index is -0.122. The molecule has 0 aromatic heterocycles. The van der Waals surface area contributed by atoms with Gasteiger partial charge in [0.1, 0.15) is 0 Å². The first-order chi connectivity index (χ1) is 11.1. The lowest BCUT2D eigenvalue weighted by atomic mass is 10.0. The Morgan fingerprint density at radius 2 is 2.30 bits per heavy atom. The minimum absolute atomic E-state index is 0.108. The largest absolute Gasteiger partial charge is 0.399 e. The molecule has 124 valence electrons. The highest BCUT2D eigenvalue weighted by atomic mass is 32.2. The van der Waals surface area contributed by atoms with Gasteiger partial charge in [0, 0.05) is 36.6 Å². The molecule has 0 radical (unpaired) electrons. The van der Waals surface area contributed by atoms with Gasteiger partial charge in [-0.15, -0.1) is 11.8 Å². The predicted molar refractivity (Wildman–Crippen MR) is 92.1 cm³/mol. The van der Waals surface area contributed by atoms with Crippen LogP contribution >= 0.6 is 11.8 Å². The Bertz CT molecular complexity index is 589. The van der Waals surface area contributed by atoms with Crippen LogP contribution in [0.3, 0.4) is 0 Å². The van der Waals surface area contributed by atoms with E-state index in [9.17, 15) is 9.59 Å². The van der Waals surface area contributed by atoms with Gasteiger partial charge < -0.3 is 21.3 Å². The Morgan fingerprint density at radius 3 is 3.04 bits per heavy atom. The fraction of sp³-hybridized carbons (Fsp3) is 0.500. The summed E-state index contributed by atoms with van der Waals surface area (Å²) in [7, 11) is 0. The van der Waals surface area contributed by atoms with E-state index in [1.807, 2.05) is 4.90 Å². The van der Waals surface area contributed by atoms with Crippen molar-refractivity contribution in [3.8, 4) is 0 Å². The van der Waals surface area contributed by atoms with Crippen LogP contribution in [0.25, 0.3) is 0 Å². The van der Waals surface area contributed by atoms with Gasteiger partial charge in [0.2, 0.25) is 5.91 Å². The lowest BCUT2D eigenvalue weighted by Crippen LogP contribution is -2.42. The van der Waals surface area contributed by atoms with Gasteiger partial charge in [-0.05, 0) is 30.5 Å². The number of nitrogens with one attached hydrogen (secondary N) is 2. The molecule has 0 saturated carbocycles. The average Bonchev–Trinajstić information content (AvgIpc) is 3.23. The van der Waals surface area contributed by atoms with E-state index in [4.69, 9.17) is 5.73 Å². The van der Waals surface area contributed by atoms with Crippen LogP contribution in [0.15, 0.2) is 24.3 Å². The Hall–Kier alpha value is -1.73. The third kappa shape index (κ3) is 3.97. The Morgan fingerprint density at radius 1 is 1.43 bits per heavy atom.